The summed E-state index contributed by atoms with van der Waals surface area (Å²) in [6, 6.07) is 0. The van der Waals surface area contributed by atoms with Gasteiger partial charge in [-0.1, -0.05) is 0 Å². The molecule has 0 aromatic heterocycles. The van der Waals surface area contributed by atoms with Crippen molar-refractivity contribution in [3.8, 4) is 0 Å². The molecule has 1 rings (SSSR count). The van der Waals surface area contributed by atoms with Crippen LogP contribution in [0.3, 0.4) is 0 Å². The molecule has 4 atom stereocenters. The number of hydrogen-bond donors (Lipinski definition) is 4. The SMILES string of the molecule is CC1OCC(O)C(O)[C@@]1(O)CCNS(C)(=O)=O. The first-order valence-electron chi connectivity index (χ1n) is 5.31. The Morgan fingerprint density at radius 2 is 2.06 bits per heavy atom. The van der Waals surface area contributed by atoms with Crippen molar-refractivity contribution in [3.05, 3.63) is 0 Å². The van der Waals surface area contributed by atoms with Crippen LogP contribution in [0.5, 0.6) is 0 Å². The fourth-order valence-electron chi connectivity index (χ4n) is 1.84. The molecule has 1 heterocycles. The topological polar surface area (TPSA) is 116 Å². The van der Waals surface area contributed by atoms with E-state index in [1.54, 1.807) is 6.92 Å². The van der Waals surface area contributed by atoms with Crippen LogP contribution in [0, 0.1) is 0 Å². The number of aliphatic hydroxyl groups is 3. The lowest BCUT2D eigenvalue weighted by Gasteiger charge is -2.44. The molecule has 0 aromatic rings. The Balaban J connectivity index is 2.64. The summed E-state index contributed by atoms with van der Waals surface area (Å²) in [5.41, 5.74) is -1.66. The van der Waals surface area contributed by atoms with Gasteiger partial charge in [-0.2, -0.15) is 0 Å². The van der Waals surface area contributed by atoms with E-state index in [-0.39, 0.29) is 19.6 Å². The molecule has 0 aromatic carbocycles. The van der Waals surface area contributed by atoms with E-state index in [1.807, 2.05) is 0 Å². The Hall–Kier alpha value is -0.250. The number of rotatable bonds is 4. The van der Waals surface area contributed by atoms with Gasteiger partial charge >= 0.3 is 0 Å². The van der Waals surface area contributed by atoms with Crippen LogP contribution in [0.15, 0.2) is 0 Å². The third kappa shape index (κ3) is 3.60. The highest BCUT2D eigenvalue weighted by Crippen LogP contribution is 2.29. The lowest BCUT2D eigenvalue weighted by atomic mass is 9.83. The zero-order chi connectivity index (χ0) is 13.3. The minimum absolute atomic E-state index is 0.0349. The predicted molar refractivity (Wildman–Crippen MR) is 59.8 cm³/mol. The molecule has 8 heteroatoms. The highest BCUT2D eigenvalue weighted by atomic mass is 32.2. The molecule has 7 nitrogen and oxygen atoms in total. The summed E-state index contributed by atoms with van der Waals surface area (Å²) in [6.45, 7) is 1.48. The van der Waals surface area contributed by atoms with Gasteiger partial charge in [0.25, 0.3) is 0 Å². The molecule has 0 radical (unpaired) electrons. The molecule has 0 amide bonds. The summed E-state index contributed by atoms with van der Waals surface area (Å²) in [5, 5.41) is 29.4. The molecule has 0 saturated carbocycles. The van der Waals surface area contributed by atoms with Crippen LogP contribution < -0.4 is 4.72 Å². The van der Waals surface area contributed by atoms with Gasteiger partial charge in [-0.05, 0) is 13.3 Å². The quantitative estimate of drug-likeness (QED) is 0.460. The van der Waals surface area contributed by atoms with Gasteiger partial charge in [0.1, 0.15) is 17.8 Å². The van der Waals surface area contributed by atoms with E-state index < -0.39 is 33.9 Å². The molecule has 4 N–H and O–H groups in total. The van der Waals surface area contributed by atoms with Gasteiger partial charge in [-0.25, -0.2) is 13.1 Å². The van der Waals surface area contributed by atoms with Crippen molar-refractivity contribution in [2.24, 2.45) is 0 Å². The van der Waals surface area contributed by atoms with Crippen LogP contribution in [0.25, 0.3) is 0 Å². The molecule has 0 aliphatic carbocycles. The molecule has 102 valence electrons. The average Bonchev–Trinajstić information content (AvgIpc) is 2.20. The Kier molecular flexibility index (Phi) is 4.50. The molecule has 0 bridgehead atoms. The Morgan fingerprint density at radius 1 is 1.47 bits per heavy atom. The van der Waals surface area contributed by atoms with E-state index >= 15 is 0 Å². The highest BCUT2D eigenvalue weighted by Gasteiger charge is 2.48. The molecule has 3 unspecified atom stereocenters. The largest absolute Gasteiger partial charge is 0.388 e. The summed E-state index contributed by atoms with van der Waals surface area (Å²) < 4.78 is 29.1. The van der Waals surface area contributed by atoms with E-state index in [0.717, 1.165) is 6.26 Å². The normalized spacial score (nSPS) is 39.2. The van der Waals surface area contributed by atoms with Gasteiger partial charge in [-0.3, -0.25) is 0 Å². The molecule has 1 fully saturated rings. The fourth-order valence-corrected chi connectivity index (χ4v) is 2.31. The summed E-state index contributed by atoms with van der Waals surface area (Å²) in [4.78, 5) is 0. The maximum absolute atomic E-state index is 10.9. The summed E-state index contributed by atoms with van der Waals surface area (Å²) >= 11 is 0. The van der Waals surface area contributed by atoms with Gasteiger partial charge < -0.3 is 20.1 Å². The summed E-state index contributed by atoms with van der Waals surface area (Å²) in [7, 11) is -3.35. The molecular weight excluding hydrogens is 250 g/mol. The average molecular weight is 269 g/mol. The second kappa shape index (κ2) is 5.17. The first-order chi connectivity index (χ1) is 7.67. The lowest BCUT2D eigenvalue weighted by molar-refractivity contribution is -0.239. The van der Waals surface area contributed by atoms with Crippen LogP contribution >= 0.6 is 0 Å². The number of aliphatic hydroxyl groups excluding tert-OH is 2. The summed E-state index contributed by atoms with van der Waals surface area (Å²) in [5.74, 6) is 0. The van der Waals surface area contributed by atoms with Crippen LogP contribution in [0.1, 0.15) is 13.3 Å². The van der Waals surface area contributed by atoms with Crippen LogP contribution in [0.2, 0.25) is 0 Å². The number of nitrogens with one attached hydrogen (secondary N) is 1. The minimum atomic E-state index is -3.35. The van der Waals surface area contributed by atoms with Crippen LogP contribution in [-0.2, 0) is 14.8 Å². The van der Waals surface area contributed by atoms with Crippen molar-refractivity contribution < 1.29 is 28.5 Å². The second-order valence-corrected chi connectivity index (χ2v) is 6.23. The maximum Gasteiger partial charge on any atom is 0.208 e. The molecule has 1 saturated heterocycles. The zero-order valence-electron chi connectivity index (χ0n) is 9.83. The van der Waals surface area contributed by atoms with E-state index in [1.165, 1.54) is 0 Å². The molecule has 1 aliphatic rings. The van der Waals surface area contributed by atoms with Gasteiger partial charge in [0, 0.05) is 6.54 Å². The smallest absolute Gasteiger partial charge is 0.208 e. The zero-order valence-corrected chi connectivity index (χ0v) is 10.6. The monoisotopic (exact) mass is 269 g/mol. The Labute approximate surface area is 100 Å². The number of sulfonamides is 1. The molecule has 17 heavy (non-hydrogen) atoms. The van der Waals surface area contributed by atoms with Crippen molar-refractivity contribution in [1.29, 1.82) is 0 Å². The summed E-state index contributed by atoms with van der Waals surface area (Å²) in [6.07, 6.45) is -2.24. The molecular formula is C9H19NO6S. The molecule has 0 spiro atoms. The lowest BCUT2D eigenvalue weighted by Crippen LogP contribution is -2.62. The van der Waals surface area contributed by atoms with Crippen molar-refractivity contribution >= 4 is 10.0 Å². The van der Waals surface area contributed by atoms with E-state index in [0.29, 0.717) is 0 Å². The Morgan fingerprint density at radius 3 is 2.59 bits per heavy atom. The van der Waals surface area contributed by atoms with E-state index in [2.05, 4.69) is 4.72 Å². The van der Waals surface area contributed by atoms with Gasteiger partial charge in [0.2, 0.25) is 10.0 Å². The first-order valence-corrected chi connectivity index (χ1v) is 7.20. The van der Waals surface area contributed by atoms with Gasteiger partial charge in [0.05, 0.1) is 19.0 Å². The van der Waals surface area contributed by atoms with E-state index in [9.17, 15) is 23.7 Å². The van der Waals surface area contributed by atoms with Crippen molar-refractivity contribution in [2.75, 3.05) is 19.4 Å². The Bertz CT molecular complexity index is 358. The maximum atomic E-state index is 10.9. The van der Waals surface area contributed by atoms with Gasteiger partial charge in [0.15, 0.2) is 0 Å². The molecule has 1 aliphatic heterocycles. The third-order valence-corrected chi connectivity index (χ3v) is 3.72. The third-order valence-electron chi connectivity index (χ3n) is 2.99. The van der Waals surface area contributed by atoms with Crippen molar-refractivity contribution in [3.63, 3.8) is 0 Å². The second-order valence-electron chi connectivity index (χ2n) is 4.40. The van der Waals surface area contributed by atoms with Crippen molar-refractivity contribution in [1.82, 2.24) is 4.72 Å². The number of hydrogen-bond acceptors (Lipinski definition) is 6. The number of ether oxygens (including phenoxy) is 1. The van der Waals surface area contributed by atoms with E-state index in [4.69, 9.17) is 4.74 Å². The van der Waals surface area contributed by atoms with Crippen molar-refractivity contribution in [2.45, 2.75) is 37.3 Å². The van der Waals surface area contributed by atoms with Gasteiger partial charge in [-0.15, -0.1) is 0 Å². The minimum Gasteiger partial charge on any atom is -0.388 e. The first kappa shape index (κ1) is 14.8. The highest BCUT2D eigenvalue weighted by molar-refractivity contribution is 7.88. The fraction of sp³-hybridized carbons (Fsp3) is 1.00. The standard InChI is InChI=1S/C9H19NO6S/c1-6-9(13,3-4-10-17(2,14)15)8(12)7(11)5-16-6/h6-8,10-13H,3-5H2,1-2H3/t6?,7?,8?,9-/m1/s1. The predicted octanol–water partition coefficient (Wildman–Crippen LogP) is -2.20. The van der Waals surface area contributed by atoms with Crippen LogP contribution in [0.4, 0.5) is 0 Å². The van der Waals surface area contributed by atoms with Crippen LogP contribution in [-0.4, -0.2) is 67.1 Å².